The third-order valence-electron chi connectivity index (χ3n) is 3.49. The predicted molar refractivity (Wildman–Crippen MR) is 99.4 cm³/mol. The van der Waals surface area contributed by atoms with Gasteiger partial charge in [-0.15, -0.1) is 11.3 Å². The van der Waals surface area contributed by atoms with Crippen molar-refractivity contribution in [2.24, 2.45) is 0 Å². The monoisotopic (exact) mass is 371 g/mol. The van der Waals surface area contributed by atoms with E-state index >= 15 is 0 Å². The van der Waals surface area contributed by atoms with Crippen molar-refractivity contribution in [3.8, 4) is 11.5 Å². The van der Waals surface area contributed by atoms with E-state index in [9.17, 15) is 9.59 Å². The van der Waals surface area contributed by atoms with Crippen LogP contribution in [0.4, 0.5) is 0 Å². The van der Waals surface area contributed by atoms with Gasteiger partial charge in [-0.1, -0.05) is 6.07 Å². The smallest absolute Gasteiger partial charge is 0.266 e. The van der Waals surface area contributed by atoms with Crippen molar-refractivity contribution in [1.82, 2.24) is 4.98 Å². The average Bonchev–Trinajstić information content (AvgIpc) is 3.27. The van der Waals surface area contributed by atoms with Crippen molar-refractivity contribution in [3.63, 3.8) is 0 Å². The number of carbonyl (C=O) groups is 1. The number of thiazole rings is 1. The van der Waals surface area contributed by atoms with Gasteiger partial charge in [0.05, 0.1) is 29.2 Å². The Labute approximate surface area is 153 Å². The van der Waals surface area contributed by atoms with Crippen LogP contribution < -0.4 is 24.2 Å². The van der Waals surface area contributed by atoms with E-state index in [4.69, 9.17) is 13.9 Å². The SMILES string of the molecule is CCOc1ccc(/C=c2\s/c(=C\C(=O)c3ccco3)[nH]c2=O)cc1OC. The third-order valence-corrected chi connectivity index (χ3v) is 4.45. The molecule has 2 aromatic heterocycles. The van der Waals surface area contributed by atoms with E-state index in [-0.39, 0.29) is 17.1 Å². The maximum Gasteiger partial charge on any atom is 0.266 e. The van der Waals surface area contributed by atoms with Crippen molar-refractivity contribution in [3.05, 3.63) is 67.5 Å². The van der Waals surface area contributed by atoms with Gasteiger partial charge < -0.3 is 18.9 Å². The summed E-state index contributed by atoms with van der Waals surface area (Å²) in [7, 11) is 1.56. The summed E-state index contributed by atoms with van der Waals surface area (Å²) in [6.45, 7) is 2.43. The Morgan fingerprint density at radius 3 is 2.85 bits per heavy atom. The highest BCUT2D eigenvalue weighted by atomic mass is 32.1. The summed E-state index contributed by atoms with van der Waals surface area (Å²) in [5, 5.41) is 0. The number of aromatic amines is 1. The lowest BCUT2D eigenvalue weighted by Gasteiger charge is -2.09. The highest BCUT2D eigenvalue weighted by Gasteiger charge is 2.07. The number of nitrogens with one attached hydrogen (secondary N) is 1. The molecule has 0 saturated heterocycles. The summed E-state index contributed by atoms with van der Waals surface area (Å²) >= 11 is 1.19. The number of Topliss-reactive ketones (excluding diaryl/α,β-unsaturated/α-hetero) is 1. The van der Waals surface area contributed by atoms with Gasteiger partial charge in [0, 0.05) is 6.08 Å². The summed E-state index contributed by atoms with van der Waals surface area (Å²) in [5.41, 5.74) is 0.530. The topological polar surface area (TPSA) is 81.5 Å². The van der Waals surface area contributed by atoms with Gasteiger partial charge in [-0.25, -0.2) is 0 Å². The van der Waals surface area contributed by atoms with Crippen LogP contribution in [0.15, 0.2) is 45.8 Å². The maximum atomic E-state index is 12.1. The van der Waals surface area contributed by atoms with Crippen LogP contribution in [0.25, 0.3) is 12.2 Å². The molecule has 26 heavy (non-hydrogen) atoms. The van der Waals surface area contributed by atoms with Gasteiger partial charge in [-0.2, -0.15) is 0 Å². The van der Waals surface area contributed by atoms with Crippen molar-refractivity contribution in [2.75, 3.05) is 13.7 Å². The molecule has 0 saturated carbocycles. The molecule has 1 aromatic carbocycles. The first-order valence-electron chi connectivity index (χ1n) is 7.92. The van der Waals surface area contributed by atoms with E-state index in [0.717, 1.165) is 5.56 Å². The fourth-order valence-corrected chi connectivity index (χ4v) is 3.22. The van der Waals surface area contributed by atoms with E-state index in [2.05, 4.69) is 4.98 Å². The fourth-order valence-electron chi connectivity index (χ4n) is 2.33. The van der Waals surface area contributed by atoms with Gasteiger partial charge >= 0.3 is 0 Å². The lowest BCUT2D eigenvalue weighted by molar-refractivity contribution is 0.103. The minimum atomic E-state index is -0.304. The van der Waals surface area contributed by atoms with Crippen molar-refractivity contribution in [1.29, 1.82) is 0 Å². The van der Waals surface area contributed by atoms with E-state index in [0.29, 0.717) is 27.3 Å². The first-order valence-corrected chi connectivity index (χ1v) is 8.73. The maximum absolute atomic E-state index is 12.1. The molecular weight excluding hydrogens is 354 g/mol. The van der Waals surface area contributed by atoms with Gasteiger partial charge in [-0.05, 0) is 42.8 Å². The van der Waals surface area contributed by atoms with Crippen LogP contribution in [0, 0.1) is 0 Å². The van der Waals surface area contributed by atoms with Gasteiger partial charge in [-0.3, -0.25) is 9.59 Å². The average molecular weight is 371 g/mol. The zero-order chi connectivity index (χ0) is 18.5. The first kappa shape index (κ1) is 17.8. The quantitative estimate of drug-likeness (QED) is 0.670. The summed E-state index contributed by atoms with van der Waals surface area (Å²) < 4.78 is 16.8. The molecule has 0 amide bonds. The van der Waals surface area contributed by atoms with Gasteiger partial charge in [0.2, 0.25) is 5.78 Å². The highest BCUT2D eigenvalue weighted by Crippen LogP contribution is 2.28. The molecule has 0 aliphatic heterocycles. The molecule has 3 aromatic rings. The Bertz CT molecular complexity index is 1080. The summed E-state index contributed by atoms with van der Waals surface area (Å²) in [4.78, 5) is 26.9. The standard InChI is InChI=1S/C19H17NO5S/c1-3-24-15-7-6-12(9-16(15)23-2)10-17-19(22)20-18(26-17)11-13(21)14-5-4-8-25-14/h4-11H,3H2,1-2H3,(H,20,22)/b17-10-,18-11-. The molecule has 0 aliphatic carbocycles. The Kier molecular flexibility index (Phi) is 5.38. The number of carbonyl (C=O) groups excluding carboxylic acids is 1. The van der Waals surface area contributed by atoms with E-state index in [1.807, 2.05) is 13.0 Å². The molecule has 3 rings (SSSR count). The zero-order valence-electron chi connectivity index (χ0n) is 14.3. The van der Waals surface area contributed by atoms with Crippen molar-refractivity contribution in [2.45, 2.75) is 6.92 Å². The molecule has 134 valence electrons. The molecule has 0 atom stereocenters. The number of methoxy groups -OCH3 is 1. The van der Waals surface area contributed by atoms with Gasteiger partial charge in [0.15, 0.2) is 17.3 Å². The Morgan fingerprint density at radius 2 is 2.15 bits per heavy atom. The Morgan fingerprint density at radius 1 is 1.31 bits per heavy atom. The number of ether oxygens (including phenoxy) is 2. The van der Waals surface area contributed by atoms with Crippen molar-refractivity contribution < 1.29 is 18.7 Å². The van der Waals surface area contributed by atoms with Crippen LogP contribution in [0.5, 0.6) is 11.5 Å². The van der Waals surface area contributed by atoms with Crippen LogP contribution in [0.3, 0.4) is 0 Å². The normalized spacial score (nSPS) is 12.4. The van der Waals surface area contributed by atoms with Crippen LogP contribution in [0.2, 0.25) is 0 Å². The second kappa shape index (κ2) is 7.88. The van der Waals surface area contributed by atoms with Crippen LogP contribution in [-0.2, 0) is 0 Å². The number of rotatable bonds is 6. The minimum Gasteiger partial charge on any atom is -0.493 e. The second-order valence-electron chi connectivity index (χ2n) is 5.26. The van der Waals surface area contributed by atoms with E-state index in [1.54, 1.807) is 37.5 Å². The van der Waals surface area contributed by atoms with Crippen LogP contribution >= 0.6 is 11.3 Å². The molecule has 0 radical (unpaired) electrons. The van der Waals surface area contributed by atoms with E-state index < -0.39 is 0 Å². The number of hydrogen-bond acceptors (Lipinski definition) is 6. The van der Waals surface area contributed by atoms with Gasteiger partial charge in [0.25, 0.3) is 5.56 Å². The number of H-pyrrole nitrogens is 1. The molecule has 1 N–H and O–H groups in total. The molecule has 0 bridgehead atoms. The Hall–Kier alpha value is -3.06. The third kappa shape index (κ3) is 3.94. The first-order chi connectivity index (χ1) is 12.6. The summed E-state index contributed by atoms with van der Waals surface area (Å²) in [5.74, 6) is 1.15. The molecule has 7 heteroatoms. The number of benzene rings is 1. The summed E-state index contributed by atoms with van der Waals surface area (Å²) in [6.07, 6.45) is 4.51. The molecule has 0 spiro atoms. The molecule has 0 unspecified atom stereocenters. The van der Waals surface area contributed by atoms with Gasteiger partial charge in [0.1, 0.15) is 0 Å². The number of aromatic nitrogens is 1. The number of furan rings is 1. The highest BCUT2D eigenvalue weighted by molar-refractivity contribution is 7.07. The minimum absolute atomic E-state index is 0.223. The van der Waals surface area contributed by atoms with Crippen LogP contribution in [-0.4, -0.2) is 24.5 Å². The fraction of sp³-hybridized carbons (Fsp3) is 0.158. The molecular formula is C19H17NO5S. The lowest BCUT2D eigenvalue weighted by Crippen LogP contribution is -2.20. The second-order valence-corrected chi connectivity index (χ2v) is 6.34. The lowest BCUT2D eigenvalue weighted by atomic mass is 10.2. The Balaban J connectivity index is 1.96. The zero-order valence-corrected chi connectivity index (χ0v) is 15.1. The van der Waals surface area contributed by atoms with Crippen molar-refractivity contribution >= 4 is 29.3 Å². The molecule has 2 heterocycles. The largest absolute Gasteiger partial charge is 0.493 e. The molecule has 0 fully saturated rings. The number of ketones is 1. The predicted octanol–water partition coefficient (Wildman–Crippen LogP) is 1.93. The summed E-state index contributed by atoms with van der Waals surface area (Å²) in [6, 6.07) is 8.63. The molecule has 6 nitrogen and oxygen atoms in total. The van der Waals surface area contributed by atoms with E-state index in [1.165, 1.54) is 23.7 Å². The number of hydrogen-bond donors (Lipinski definition) is 1. The van der Waals surface area contributed by atoms with Crippen LogP contribution in [0.1, 0.15) is 23.0 Å². The molecule has 0 aliphatic rings.